The highest BCUT2D eigenvalue weighted by molar-refractivity contribution is 5.00. The van der Waals surface area contributed by atoms with Gasteiger partial charge in [-0.15, -0.1) is 0 Å². The molecule has 0 aromatic heterocycles. The molecule has 1 heterocycles. The van der Waals surface area contributed by atoms with E-state index in [1.165, 1.54) is 25.7 Å². The minimum Gasteiger partial charge on any atom is -0.381 e. The predicted octanol–water partition coefficient (Wildman–Crippen LogP) is 1.54. The van der Waals surface area contributed by atoms with Crippen LogP contribution in [-0.4, -0.2) is 19.3 Å². The molecule has 2 rings (SSSR count). The van der Waals surface area contributed by atoms with Crippen LogP contribution in [0, 0.1) is 11.3 Å². The number of ether oxygens (including phenoxy) is 1. The third-order valence-corrected chi connectivity index (χ3v) is 3.58. The second-order valence-corrected chi connectivity index (χ2v) is 4.58. The molecule has 2 unspecified atom stereocenters. The van der Waals surface area contributed by atoms with Crippen molar-refractivity contribution in [2.24, 2.45) is 17.1 Å². The van der Waals surface area contributed by atoms with Gasteiger partial charge in [-0.05, 0) is 43.9 Å². The molecule has 1 aliphatic carbocycles. The molecule has 0 spiro atoms. The second kappa shape index (κ2) is 3.00. The Bertz CT molecular complexity index is 157. The lowest BCUT2D eigenvalue weighted by molar-refractivity contribution is 0.176. The standard InChI is InChI=1S/C10H19NO/c1-8(11)10(3-4-10)6-9-2-5-12-7-9/h8-9H,2-7,11H2,1H3. The Labute approximate surface area is 74.5 Å². The molecule has 0 aromatic carbocycles. The minimum atomic E-state index is 0.387. The second-order valence-electron chi connectivity index (χ2n) is 4.58. The lowest BCUT2D eigenvalue weighted by Crippen LogP contribution is -2.30. The van der Waals surface area contributed by atoms with E-state index in [4.69, 9.17) is 10.5 Å². The number of nitrogens with two attached hydrogens (primary N) is 1. The van der Waals surface area contributed by atoms with Crippen molar-refractivity contribution in [2.75, 3.05) is 13.2 Å². The fourth-order valence-electron chi connectivity index (χ4n) is 2.33. The van der Waals surface area contributed by atoms with Crippen LogP contribution >= 0.6 is 0 Å². The first-order valence-corrected chi connectivity index (χ1v) is 5.06. The molecule has 2 atom stereocenters. The average Bonchev–Trinajstić information content (AvgIpc) is 2.60. The highest BCUT2D eigenvalue weighted by Crippen LogP contribution is 2.53. The summed E-state index contributed by atoms with van der Waals surface area (Å²) in [6, 6.07) is 0.387. The number of rotatable bonds is 3. The van der Waals surface area contributed by atoms with Gasteiger partial charge in [0.1, 0.15) is 0 Å². The van der Waals surface area contributed by atoms with E-state index >= 15 is 0 Å². The van der Waals surface area contributed by atoms with Crippen molar-refractivity contribution < 1.29 is 4.74 Å². The third-order valence-electron chi connectivity index (χ3n) is 3.58. The maximum absolute atomic E-state index is 5.97. The smallest absolute Gasteiger partial charge is 0.0495 e. The SMILES string of the molecule is CC(N)C1(CC2CCOC2)CC1. The Balaban J connectivity index is 1.85. The van der Waals surface area contributed by atoms with Gasteiger partial charge in [-0.2, -0.15) is 0 Å². The van der Waals surface area contributed by atoms with Crippen molar-refractivity contribution in [3.8, 4) is 0 Å². The molecule has 0 aromatic rings. The molecule has 2 fully saturated rings. The van der Waals surface area contributed by atoms with Gasteiger partial charge in [-0.3, -0.25) is 0 Å². The van der Waals surface area contributed by atoms with E-state index in [2.05, 4.69) is 6.92 Å². The summed E-state index contributed by atoms with van der Waals surface area (Å²) in [5.74, 6) is 0.804. The lowest BCUT2D eigenvalue weighted by Gasteiger charge is -2.22. The van der Waals surface area contributed by atoms with Crippen LogP contribution < -0.4 is 5.73 Å². The number of hydrogen-bond donors (Lipinski definition) is 1. The molecule has 2 N–H and O–H groups in total. The molecular weight excluding hydrogens is 150 g/mol. The molecule has 0 radical (unpaired) electrons. The van der Waals surface area contributed by atoms with Crippen LogP contribution in [0.5, 0.6) is 0 Å². The highest BCUT2D eigenvalue weighted by atomic mass is 16.5. The van der Waals surface area contributed by atoms with Crippen LogP contribution in [0.1, 0.15) is 32.6 Å². The van der Waals surface area contributed by atoms with Crippen molar-refractivity contribution >= 4 is 0 Å². The van der Waals surface area contributed by atoms with E-state index in [0.717, 1.165) is 19.1 Å². The average molecular weight is 169 g/mol. The van der Waals surface area contributed by atoms with Gasteiger partial charge >= 0.3 is 0 Å². The zero-order valence-electron chi connectivity index (χ0n) is 7.88. The third kappa shape index (κ3) is 1.50. The predicted molar refractivity (Wildman–Crippen MR) is 48.9 cm³/mol. The van der Waals surface area contributed by atoms with Crippen LogP contribution in [0.25, 0.3) is 0 Å². The van der Waals surface area contributed by atoms with E-state index in [1.807, 2.05) is 0 Å². The molecule has 2 aliphatic rings. The van der Waals surface area contributed by atoms with Crippen LogP contribution in [0.15, 0.2) is 0 Å². The molecule has 2 heteroatoms. The van der Waals surface area contributed by atoms with Crippen molar-refractivity contribution in [1.82, 2.24) is 0 Å². The molecule has 12 heavy (non-hydrogen) atoms. The maximum atomic E-state index is 5.97. The van der Waals surface area contributed by atoms with E-state index < -0.39 is 0 Å². The Kier molecular flexibility index (Phi) is 2.13. The minimum absolute atomic E-state index is 0.387. The van der Waals surface area contributed by atoms with Crippen molar-refractivity contribution in [2.45, 2.75) is 38.6 Å². The molecule has 1 saturated carbocycles. The summed E-state index contributed by atoms with van der Waals surface area (Å²) < 4.78 is 5.37. The normalized spacial score (nSPS) is 35.0. The first kappa shape index (κ1) is 8.52. The Morgan fingerprint density at radius 3 is 2.75 bits per heavy atom. The molecule has 0 bridgehead atoms. The highest BCUT2D eigenvalue weighted by Gasteiger charge is 2.47. The summed E-state index contributed by atoms with van der Waals surface area (Å²) in [6.07, 6.45) is 5.27. The van der Waals surface area contributed by atoms with Crippen molar-refractivity contribution in [3.63, 3.8) is 0 Å². The van der Waals surface area contributed by atoms with E-state index in [0.29, 0.717) is 11.5 Å². The molecule has 70 valence electrons. The summed E-state index contributed by atoms with van der Waals surface area (Å²) in [7, 11) is 0. The van der Waals surface area contributed by atoms with Gasteiger partial charge in [0.15, 0.2) is 0 Å². The summed E-state index contributed by atoms with van der Waals surface area (Å²) in [6.45, 7) is 4.11. The summed E-state index contributed by atoms with van der Waals surface area (Å²) >= 11 is 0. The zero-order chi connectivity index (χ0) is 8.60. The quantitative estimate of drug-likeness (QED) is 0.695. The molecule has 1 saturated heterocycles. The zero-order valence-corrected chi connectivity index (χ0v) is 7.88. The van der Waals surface area contributed by atoms with Gasteiger partial charge in [-0.1, -0.05) is 0 Å². The number of hydrogen-bond acceptors (Lipinski definition) is 2. The van der Waals surface area contributed by atoms with Gasteiger partial charge < -0.3 is 10.5 Å². The van der Waals surface area contributed by atoms with Gasteiger partial charge in [0.05, 0.1) is 0 Å². The Morgan fingerprint density at radius 2 is 2.33 bits per heavy atom. The van der Waals surface area contributed by atoms with Crippen LogP contribution in [0.4, 0.5) is 0 Å². The fourth-order valence-corrected chi connectivity index (χ4v) is 2.33. The molecule has 2 nitrogen and oxygen atoms in total. The van der Waals surface area contributed by atoms with Crippen LogP contribution in [0.3, 0.4) is 0 Å². The maximum Gasteiger partial charge on any atom is 0.0495 e. The van der Waals surface area contributed by atoms with Gasteiger partial charge in [0.25, 0.3) is 0 Å². The van der Waals surface area contributed by atoms with Crippen LogP contribution in [-0.2, 0) is 4.74 Å². The summed E-state index contributed by atoms with van der Waals surface area (Å²) in [4.78, 5) is 0. The molecule has 0 amide bonds. The fraction of sp³-hybridized carbons (Fsp3) is 1.00. The van der Waals surface area contributed by atoms with E-state index in [-0.39, 0.29) is 0 Å². The first-order chi connectivity index (χ1) is 5.73. The summed E-state index contributed by atoms with van der Waals surface area (Å²) in [5, 5.41) is 0. The van der Waals surface area contributed by atoms with E-state index in [9.17, 15) is 0 Å². The van der Waals surface area contributed by atoms with E-state index in [1.54, 1.807) is 0 Å². The first-order valence-electron chi connectivity index (χ1n) is 5.06. The molecular formula is C10H19NO. The lowest BCUT2D eigenvalue weighted by atomic mass is 9.86. The topological polar surface area (TPSA) is 35.2 Å². The Morgan fingerprint density at radius 1 is 1.58 bits per heavy atom. The van der Waals surface area contributed by atoms with Crippen LogP contribution in [0.2, 0.25) is 0 Å². The van der Waals surface area contributed by atoms with Gasteiger partial charge in [0.2, 0.25) is 0 Å². The largest absolute Gasteiger partial charge is 0.381 e. The Hall–Kier alpha value is -0.0800. The van der Waals surface area contributed by atoms with Gasteiger partial charge in [0, 0.05) is 19.3 Å². The van der Waals surface area contributed by atoms with Gasteiger partial charge in [-0.25, -0.2) is 0 Å². The van der Waals surface area contributed by atoms with Crippen molar-refractivity contribution in [3.05, 3.63) is 0 Å². The monoisotopic (exact) mass is 169 g/mol. The molecule has 1 aliphatic heterocycles. The summed E-state index contributed by atoms with van der Waals surface area (Å²) in [5.41, 5.74) is 6.48. The van der Waals surface area contributed by atoms with Crippen molar-refractivity contribution in [1.29, 1.82) is 0 Å².